The van der Waals surface area contributed by atoms with Crippen LogP contribution >= 0.6 is 0 Å². The second-order valence-electron chi connectivity index (χ2n) is 5.30. The molecular weight excluding hydrogens is 312 g/mol. The maximum absolute atomic E-state index is 11.8. The zero-order chi connectivity index (χ0) is 16.9. The number of benzene rings is 1. The number of ether oxygens (including phenoxy) is 1. The first-order valence-corrected chi connectivity index (χ1v) is 7.67. The highest BCUT2D eigenvalue weighted by atomic mass is 16.5. The van der Waals surface area contributed by atoms with Gasteiger partial charge in [-0.2, -0.15) is 4.68 Å². The number of furan rings is 1. The van der Waals surface area contributed by atoms with Gasteiger partial charge < -0.3 is 18.7 Å². The third-order valence-electron chi connectivity index (χ3n) is 3.47. The van der Waals surface area contributed by atoms with Crippen LogP contribution in [0, 0.1) is 0 Å². The van der Waals surface area contributed by atoms with Crippen molar-refractivity contribution in [2.75, 3.05) is 6.61 Å². The summed E-state index contributed by atoms with van der Waals surface area (Å²) in [6.45, 7) is 2.07. The Morgan fingerprint density at radius 3 is 2.96 bits per heavy atom. The monoisotopic (exact) mass is 330 g/mol. The maximum Gasteiger partial charge on any atom is 0.437 e. The van der Waals surface area contributed by atoms with Crippen LogP contribution < -0.4 is 10.5 Å². The summed E-state index contributed by atoms with van der Waals surface area (Å²) in [6.07, 6.45) is 1.47. The molecule has 0 aliphatic carbocycles. The van der Waals surface area contributed by atoms with Gasteiger partial charge in [0.05, 0.1) is 12.8 Å². The van der Waals surface area contributed by atoms with E-state index < -0.39 is 11.9 Å². The van der Waals surface area contributed by atoms with E-state index in [4.69, 9.17) is 13.6 Å². The second-order valence-corrected chi connectivity index (χ2v) is 5.30. The predicted molar refractivity (Wildman–Crippen MR) is 85.8 cm³/mol. The Labute approximate surface area is 138 Å². The molecule has 7 nitrogen and oxygen atoms in total. The largest absolute Gasteiger partial charge is 0.491 e. The Hall–Kier alpha value is -2.80. The lowest BCUT2D eigenvalue weighted by Crippen LogP contribution is -2.29. The van der Waals surface area contributed by atoms with Gasteiger partial charge in [-0.1, -0.05) is 19.1 Å². The first-order valence-electron chi connectivity index (χ1n) is 7.67. The lowest BCUT2D eigenvalue weighted by atomic mass is 10.2. The van der Waals surface area contributed by atoms with Gasteiger partial charge in [0.25, 0.3) is 5.89 Å². The van der Waals surface area contributed by atoms with Crippen molar-refractivity contribution < 1.29 is 18.7 Å². The van der Waals surface area contributed by atoms with Crippen molar-refractivity contribution in [2.45, 2.75) is 26.0 Å². The van der Waals surface area contributed by atoms with Crippen LogP contribution in [0.3, 0.4) is 0 Å². The molecule has 0 aliphatic rings. The Bertz CT molecular complexity index is 835. The van der Waals surface area contributed by atoms with Crippen molar-refractivity contribution in [3.05, 3.63) is 58.8 Å². The van der Waals surface area contributed by atoms with Gasteiger partial charge in [-0.3, -0.25) is 0 Å². The van der Waals surface area contributed by atoms with Crippen molar-refractivity contribution in [2.24, 2.45) is 0 Å². The fraction of sp³-hybridized carbons (Fsp3) is 0.294. The number of hydrogen-bond donors (Lipinski definition) is 1. The zero-order valence-corrected chi connectivity index (χ0v) is 13.2. The summed E-state index contributed by atoms with van der Waals surface area (Å²) in [4.78, 5) is 11.8. The van der Waals surface area contributed by atoms with Gasteiger partial charge in [-0.15, -0.1) is 5.10 Å². The van der Waals surface area contributed by atoms with Crippen LogP contribution in [0.4, 0.5) is 0 Å². The molecule has 7 heteroatoms. The van der Waals surface area contributed by atoms with Crippen LogP contribution in [0.25, 0.3) is 11.7 Å². The van der Waals surface area contributed by atoms with E-state index in [1.54, 1.807) is 12.1 Å². The summed E-state index contributed by atoms with van der Waals surface area (Å²) >= 11 is 0. The fourth-order valence-corrected chi connectivity index (χ4v) is 2.22. The first kappa shape index (κ1) is 16.1. The van der Waals surface area contributed by atoms with Crippen LogP contribution in [0.15, 0.2) is 56.3 Å². The van der Waals surface area contributed by atoms with Gasteiger partial charge in [-0.05, 0) is 36.2 Å². The van der Waals surface area contributed by atoms with Crippen LogP contribution in [0.1, 0.15) is 12.5 Å². The van der Waals surface area contributed by atoms with Crippen molar-refractivity contribution >= 4 is 0 Å². The number of aliphatic hydroxyl groups is 1. The molecule has 0 bridgehead atoms. The molecule has 24 heavy (non-hydrogen) atoms. The molecule has 2 aromatic heterocycles. The van der Waals surface area contributed by atoms with Gasteiger partial charge in [0.15, 0.2) is 5.76 Å². The predicted octanol–water partition coefficient (Wildman–Crippen LogP) is 2.10. The lowest BCUT2D eigenvalue weighted by molar-refractivity contribution is 0.0875. The number of aliphatic hydroxyl groups excluding tert-OH is 1. The molecule has 1 aromatic carbocycles. The Morgan fingerprint density at radius 2 is 2.21 bits per heavy atom. The first-order chi connectivity index (χ1) is 11.7. The third kappa shape index (κ3) is 3.75. The highest BCUT2D eigenvalue weighted by Gasteiger charge is 2.15. The van der Waals surface area contributed by atoms with Crippen molar-refractivity contribution in [3.63, 3.8) is 0 Å². The molecule has 0 amide bonds. The molecule has 0 aliphatic heterocycles. The summed E-state index contributed by atoms with van der Waals surface area (Å²) in [5, 5.41) is 14.1. The summed E-state index contributed by atoms with van der Waals surface area (Å²) in [6, 6.07) is 11.0. The number of nitrogens with zero attached hydrogens (tertiary/aromatic N) is 2. The topological polar surface area (TPSA) is 90.6 Å². The van der Waals surface area contributed by atoms with E-state index in [-0.39, 0.29) is 19.0 Å². The molecule has 0 spiro atoms. The van der Waals surface area contributed by atoms with Gasteiger partial charge in [0.2, 0.25) is 0 Å². The summed E-state index contributed by atoms with van der Waals surface area (Å²) in [5.74, 6) is 0.451. The lowest BCUT2D eigenvalue weighted by Gasteiger charge is -2.12. The molecule has 3 aromatic rings. The Balaban J connectivity index is 1.60. The molecule has 0 radical (unpaired) electrons. The van der Waals surface area contributed by atoms with Crippen LogP contribution in [-0.2, 0) is 13.0 Å². The molecule has 3 rings (SSSR count). The highest BCUT2D eigenvalue weighted by molar-refractivity contribution is 5.42. The number of aryl methyl sites for hydroxylation is 1. The van der Waals surface area contributed by atoms with Crippen LogP contribution in [-0.4, -0.2) is 27.6 Å². The number of rotatable bonds is 7. The van der Waals surface area contributed by atoms with E-state index >= 15 is 0 Å². The fourth-order valence-electron chi connectivity index (χ4n) is 2.22. The summed E-state index contributed by atoms with van der Waals surface area (Å²) < 4.78 is 16.7. The van der Waals surface area contributed by atoms with Crippen molar-refractivity contribution in [3.8, 4) is 17.4 Å². The molecule has 1 N–H and O–H groups in total. The quantitative estimate of drug-likeness (QED) is 0.713. The van der Waals surface area contributed by atoms with Gasteiger partial charge in [0, 0.05) is 0 Å². The van der Waals surface area contributed by atoms with E-state index in [0.29, 0.717) is 11.5 Å². The smallest absolute Gasteiger partial charge is 0.437 e. The van der Waals surface area contributed by atoms with Gasteiger partial charge in [0.1, 0.15) is 18.5 Å². The number of hydrogen-bond acceptors (Lipinski definition) is 6. The van der Waals surface area contributed by atoms with Crippen molar-refractivity contribution in [1.29, 1.82) is 0 Å². The molecule has 1 unspecified atom stereocenters. The molecule has 1 atom stereocenters. The third-order valence-corrected chi connectivity index (χ3v) is 3.47. The SMILES string of the molecule is CCc1cccc(OCC(O)Cn2nc(-c3ccco3)oc2=O)c1. The van der Waals surface area contributed by atoms with Gasteiger partial charge >= 0.3 is 5.76 Å². The molecule has 0 fully saturated rings. The normalized spacial score (nSPS) is 12.2. The van der Waals surface area contributed by atoms with E-state index in [1.165, 1.54) is 6.26 Å². The van der Waals surface area contributed by atoms with E-state index in [9.17, 15) is 9.90 Å². The minimum atomic E-state index is -0.900. The molecular formula is C17H18N2O5. The maximum atomic E-state index is 11.8. The minimum absolute atomic E-state index is 0.0312. The number of aromatic nitrogens is 2. The molecule has 0 saturated carbocycles. The standard InChI is InChI=1S/C17H18N2O5/c1-2-12-5-3-6-14(9-12)23-11-13(20)10-19-17(21)24-16(18-19)15-7-4-8-22-15/h3-9,13,20H,2,10-11H2,1H3. The summed E-state index contributed by atoms with van der Waals surface area (Å²) in [5.41, 5.74) is 1.15. The summed E-state index contributed by atoms with van der Waals surface area (Å²) in [7, 11) is 0. The van der Waals surface area contributed by atoms with Crippen molar-refractivity contribution in [1.82, 2.24) is 9.78 Å². The van der Waals surface area contributed by atoms with E-state index in [1.807, 2.05) is 24.3 Å². The van der Waals surface area contributed by atoms with Crippen LogP contribution in [0.2, 0.25) is 0 Å². The molecule has 2 heterocycles. The minimum Gasteiger partial charge on any atom is -0.491 e. The average molecular weight is 330 g/mol. The zero-order valence-electron chi connectivity index (χ0n) is 13.2. The van der Waals surface area contributed by atoms with E-state index in [0.717, 1.165) is 16.7 Å². The molecule has 0 saturated heterocycles. The second kappa shape index (κ2) is 7.18. The molecule has 126 valence electrons. The average Bonchev–Trinajstić information content (AvgIpc) is 3.24. The Morgan fingerprint density at radius 1 is 1.33 bits per heavy atom. The highest BCUT2D eigenvalue weighted by Crippen LogP contribution is 2.16. The van der Waals surface area contributed by atoms with E-state index in [2.05, 4.69) is 12.0 Å². The van der Waals surface area contributed by atoms with Gasteiger partial charge in [-0.25, -0.2) is 4.79 Å². The van der Waals surface area contributed by atoms with Crippen LogP contribution in [0.5, 0.6) is 5.75 Å². The Kier molecular flexibility index (Phi) is 4.81.